The average molecular weight is 187 g/mol. The third-order valence-corrected chi connectivity index (χ3v) is 2.27. The molecule has 14 heavy (non-hydrogen) atoms. The van der Waals surface area contributed by atoms with Gasteiger partial charge in [-0.3, -0.25) is 0 Å². The van der Waals surface area contributed by atoms with E-state index >= 15 is 0 Å². The van der Waals surface area contributed by atoms with Crippen LogP contribution in [-0.4, -0.2) is 10.1 Å². The molecule has 0 aliphatic heterocycles. The molecule has 0 saturated heterocycles. The smallest absolute Gasteiger partial charge is 0.119 e. The number of aromatic nitrogens is 1. The number of aromatic amines is 1. The maximum absolute atomic E-state index is 9.97. The van der Waals surface area contributed by atoms with Gasteiger partial charge in [-0.25, -0.2) is 0 Å². The molecule has 0 fully saturated rings. The van der Waals surface area contributed by atoms with Crippen molar-refractivity contribution < 1.29 is 5.11 Å². The van der Waals surface area contributed by atoms with Crippen molar-refractivity contribution in [2.24, 2.45) is 0 Å². The second kappa shape index (κ2) is 3.68. The number of aliphatic hydroxyl groups excluding tert-OH is 1. The van der Waals surface area contributed by atoms with Gasteiger partial charge in [-0.05, 0) is 24.6 Å². The maximum Gasteiger partial charge on any atom is 0.119 e. The van der Waals surface area contributed by atoms with Crippen LogP contribution in [0.5, 0.6) is 0 Å². The molecule has 2 nitrogen and oxygen atoms in total. The zero-order valence-electron chi connectivity index (χ0n) is 8.07. The summed E-state index contributed by atoms with van der Waals surface area (Å²) < 4.78 is 0. The molecule has 2 N–H and O–H groups in total. The van der Waals surface area contributed by atoms with Gasteiger partial charge in [0.05, 0.1) is 0 Å². The molecule has 2 aromatic rings. The molecule has 0 bridgehead atoms. The monoisotopic (exact) mass is 187 g/mol. The van der Waals surface area contributed by atoms with Gasteiger partial charge in [0.2, 0.25) is 0 Å². The Morgan fingerprint density at radius 1 is 1.21 bits per heavy atom. The predicted molar refractivity (Wildman–Crippen MR) is 56.0 cm³/mol. The number of aliphatic hydroxyl groups is 1. The van der Waals surface area contributed by atoms with E-state index in [9.17, 15) is 5.11 Å². The summed E-state index contributed by atoms with van der Waals surface area (Å²) in [4.78, 5) is 3.00. The number of benzene rings is 1. The number of rotatable bonds is 2. The Morgan fingerprint density at radius 2 is 2.07 bits per heavy atom. The lowest BCUT2D eigenvalue weighted by atomic mass is 10.0. The van der Waals surface area contributed by atoms with E-state index in [4.69, 9.17) is 0 Å². The summed E-state index contributed by atoms with van der Waals surface area (Å²) in [5.41, 5.74) is 2.91. The molecule has 0 saturated carbocycles. The standard InChI is InChI=1S/C12H13NO/c1-9-4-2-5-10(8-9)12(14)11-6-3-7-13-11/h2-8,12-14H,1H3. The zero-order chi connectivity index (χ0) is 9.97. The number of hydrogen-bond acceptors (Lipinski definition) is 1. The first-order valence-electron chi connectivity index (χ1n) is 4.65. The molecule has 0 aliphatic carbocycles. The molecule has 2 heteroatoms. The van der Waals surface area contributed by atoms with Gasteiger partial charge in [-0.15, -0.1) is 0 Å². The topological polar surface area (TPSA) is 36.0 Å². The third-order valence-electron chi connectivity index (χ3n) is 2.27. The molecule has 72 valence electrons. The van der Waals surface area contributed by atoms with Crippen LogP contribution in [0.2, 0.25) is 0 Å². The van der Waals surface area contributed by atoms with Crippen molar-refractivity contribution in [3.63, 3.8) is 0 Å². The molecular formula is C12H13NO. The van der Waals surface area contributed by atoms with Crippen molar-refractivity contribution in [3.05, 3.63) is 59.4 Å². The fourth-order valence-electron chi connectivity index (χ4n) is 1.53. The van der Waals surface area contributed by atoms with Gasteiger partial charge in [0.1, 0.15) is 6.10 Å². The van der Waals surface area contributed by atoms with Gasteiger partial charge in [0.15, 0.2) is 0 Å². The van der Waals surface area contributed by atoms with E-state index in [2.05, 4.69) is 4.98 Å². The van der Waals surface area contributed by atoms with Crippen molar-refractivity contribution in [1.82, 2.24) is 4.98 Å². The highest BCUT2D eigenvalue weighted by atomic mass is 16.3. The van der Waals surface area contributed by atoms with E-state index in [0.29, 0.717) is 0 Å². The second-order valence-corrected chi connectivity index (χ2v) is 3.44. The van der Waals surface area contributed by atoms with Crippen LogP contribution in [0.4, 0.5) is 0 Å². The Morgan fingerprint density at radius 3 is 2.71 bits per heavy atom. The van der Waals surface area contributed by atoms with E-state index in [1.165, 1.54) is 0 Å². The molecular weight excluding hydrogens is 174 g/mol. The first kappa shape index (κ1) is 9.03. The quantitative estimate of drug-likeness (QED) is 0.744. The summed E-state index contributed by atoms with van der Waals surface area (Å²) in [5, 5.41) is 9.97. The summed E-state index contributed by atoms with van der Waals surface area (Å²) in [7, 11) is 0. The summed E-state index contributed by atoms with van der Waals surface area (Å²) in [6, 6.07) is 11.7. The van der Waals surface area contributed by atoms with Gasteiger partial charge in [-0.2, -0.15) is 0 Å². The highest BCUT2D eigenvalue weighted by Gasteiger charge is 2.10. The van der Waals surface area contributed by atoms with E-state index in [-0.39, 0.29) is 0 Å². The second-order valence-electron chi connectivity index (χ2n) is 3.44. The van der Waals surface area contributed by atoms with Crippen LogP contribution in [0.3, 0.4) is 0 Å². The maximum atomic E-state index is 9.97. The van der Waals surface area contributed by atoms with Gasteiger partial charge in [-0.1, -0.05) is 29.8 Å². The Hall–Kier alpha value is -1.54. The Kier molecular flexibility index (Phi) is 2.37. The zero-order valence-corrected chi connectivity index (χ0v) is 8.07. The predicted octanol–water partition coefficient (Wildman–Crippen LogP) is 2.40. The summed E-state index contributed by atoms with van der Waals surface area (Å²) in [6.07, 6.45) is 1.26. The van der Waals surface area contributed by atoms with E-state index in [1.54, 1.807) is 0 Å². The number of hydrogen-bond donors (Lipinski definition) is 2. The van der Waals surface area contributed by atoms with E-state index < -0.39 is 6.10 Å². The summed E-state index contributed by atoms with van der Waals surface area (Å²) >= 11 is 0. The Labute approximate surface area is 83.2 Å². The number of nitrogens with one attached hydrogen (secondary N) is 1. The Bertz CT molecular complexity index is 406. The van der Waals surface area contributed by atoms with E-state index in [0.717, 1.165) is 16.8 Å². The lowest BCUT2D eigenvalue weighted by Gasteiger charge is -2.09. The molecule has 0 amide bonds. The third kappa shape index (κ3) is 1.70. The van der Waals surface area contributed by atoms with Crippen molar-refractivity contribution in [2.45, 2.75) is 13.0 Å². The van der Waals surface area contributed by atoms with Crippen LogP contribution < -0.4 is 0 Å². The van der Waals surface area contributed by atoms with Crippen LogP contribution in [-0.2, 0) is 0 Å². The number of aryl methyl sites for hydroxylation is 1. The van der Waals surface area contributed by atoms with Crippen molar-refractivity contribution >= 4 is 0 Å². The molecule has 2 rings (SSSR count). The van der Waals surface area contributed by atoms with Crippen LogP contribution >= 0.6 is 0 Å². The Balaban J connectivity index is 2.32. The van der Waals surface area contributed by atoms with Gasteiger partial charge in [0, 0.05) is 11.9 Å². The molecule has 0 aliphatic rings. The van der Waals surface area contributed by atoms with Crippen molar-refractivity contribution in [1.29, 1.82) is 0 Å². The lowest BCUT2D eigenvalue weighted by molar-refractivity contribution is 0.216. The molecule has 0 radical (unpaired) electrons. The van der Waals surface area contributed by atoms with Gasteiger partial charge in [0.25, 0.3) is 0 Å². The largest absolute Gasteiger partial charge is 0.382 e. The highest BCUT2D eigenvalue weighted by molar-refractivity contribution is 5.29. The van der Waals surface area contributed by atoms with Gasteiger partial charge < -0.3 is 10.1 Å². The normalized spacial score (nSPS) is 12.7. The fraction of sp³-hybridized carbons (Fsp3) is 0.167. The van der Waals surface area contributed by atoms with Crippen molar-refractivity contribution in [2.75, 3.05) is 0 Å². The molecule has 1 aromatic heterocycles. The minimum Gasteiger partial charge on any atom is -0.382 e. The van der Waals surface area contributed by atoms with Crippen LogP contribution in [0, 0.1) is 6.92 Å². The summed E-state index contributed by atoms with van der Waals surface area (Å²) in [5.74, 6) is 0. The van der Waals surface area contributed by atoms with Gasteiger partial charge >= 0.3 is 0 Å². The lowest BCUT2D eigenvalue weighted by Crippen LogP contribution is -1.99. The average Bonchev–Trinajstić information content (AvgIpc) is 2.69. The van der Waals surface area contributed by atoms with Crippen LogP contribution in [0.1, 0.15) is 22.9 Å². The van der Waals surface area contributed by atoms with Crippen LogP contribution in [0.25, 0.3) is 0 Å². The molecule has 1 aromatic carbocycles. The first-order valence-corrected chi connectivity index (χ1v) is 4.65. The summed E-state index contributed by atoms with van der Waals surface area (Å²) in [6.45, 7) is 2.02. The molecule has 1 unspecified atom stereocenters. The molecule has 1 heterocycles. The van der Waals surface area contributed by atoms with Crippen LogP contribution in [0.15, 0.2) is 42.6 Å². The first-order chi connectivity index (χ1) is 6.77. The van der Waals surface area contributed by atoms with Crippen molar-refractivity contribution in [3.8, 4) is 0 Å². The minimum absolute atomic E-state index is 0.551. The number of H-pyrrole nitrogens is 1. The highest BCUT2D eigenvalue weighted by Crippen LogP contribution is 2.20. The van der Waals surface area contributed by atoms with E-state index in [1.807, 2.05) is 49.5 Å². The molecule has 0 spiro atoms. The fourth-order valence-corrected chi connectivity index (χ4v) is 1.53. The minimum atomic E-state index is -0.551. The SMILES string of the molecule is Cc1cccc(C(O)c2ccc[nH]2)c1. The molecule has 1 atom stereocenters.